The lowest BCUT2D eigenvalue weighted by atomic mass is 10.0. The number of hydrogen-bond donors (Lipinski definition) is 3. The van der Waals surface area contributed by atoms with Crippen molar-refractivity contribution in [2.24, 2.45) is 11.8 Å². The summed E-state index contributed by atoms with van der Waals surface area (Å²) < 4.78 is 0. The van der Waals surface area contributed by atoms with Gasteiger partial charge >= 0.3 is 0 Å². The third kappa shape index (κ3) is 3.43. The Bertz CT molecular complexity index is 1240. The van der Waals surface area contributed by atoms with Crippen LogP contribution in [0.15, 0.2) is 48.5 Å². The Kier molecular flexibility index (Phi) is 4.69. The minimum absolute atomic E-state index is 0.0952. The fraction of sp³-hybridized carbons (Fsp3) is 0.304. The van der Waals surface area contributed by atoms with E-state index in [2.05, 4.69) is 25.5 Å². The number of fused-ring (bicyclic) bond motifs is 2. The predicted molar refractivity (Wildman–Crippen MR) is 118 cm³/mol. The third-order valence-corrected chi connectivity index (χ3v) is 5.87. The van der Waals surface area contributed by atoms with E-state index in [1.807, 2.05) is 62.4 Å². The Hall–Kier alpha value is -3.68. The van der Waals surface area contributed by atoms with Crippen LogP contribution >= 0.6 is 0 Å². The molecule has 2 amide bonds. The maximum Gasteiger partial charge on any atom is 0.229 e. The summed E-state index contributed by atoms with van der Waals surface area (Å²) in [6, 6.07) is 15.2. The van der Waals surface area contributed by atoms with Crippen LogP contribution in [-0.2, 0) is 9.59 Å². The first-order chi connectivity index (χ1) is 15.0. The molecule has 1 saturated heterocycles. The number of imidazole rings is 1. The van der Waals surface area contributed by atoms with Crippen LogP contribution in [0.2, 0.25) is 0 Å². The molecule has 0 unspecified atom stereocenters. The first-order valence-electron chi connectivity index (χ1n) is 10.5. The van der Waals surface area contributed by atoms with Crippen molar-refractivity contribution in [2.45, 2.75) is 26.3 Å². The number of carbonyl (C=O) groups excluding carboxylic acids is 2. The van der Waals surface area contributed by atoms with Crippen LogP contribution in [0.25, 0.3) is 21.9 Å². The van der Waals surface area contributed by atoms with Crippen LogP contribution in [0.5, 0.6) is 0 Å². The molecule has 0 saturated carbocycles. The highest BCUT2D eigenvalue weighted by atomic mass is 16.2. The SMILES string of the molecule is CC(C)[C@@H](NC(=O)[C@H]1CC(=O)N(c2n[nH]c3ccccc23)C1)c1nc2ccccc2[nH]1. The third-order valence-electron chi connectivity index (χ3n) is 5.87. The van der Waals surface area contributed by atoms with Crippen LogP contribution < -0.4 is 10.2 Å². The molecule has 2 atom stereocenters. The second-order valence-electron chi connectivity index (χ2n) is 8.37. The average Bonchev–Trinajstić information content (AvgIpc) is 3.47. The monoisotopic (exact) mass is 416 g/mol. The highest BCUT2D eigenvalue weighted by Gasteiger charge is 2.38. The van der Waals surface area contributed by atoms with Gasteiger partial charge in [-0.2, -0.15) is 5.10 Å². The van der Waals surface area contributed by atoms with Gasteiger partial charge in [0.15, 0.2) is 5.82 Å². The number of nitrogens with zero attached hydrogens (tertiary/aromatic N) is 3. The van der Waals surface area contributed by atoms with Gasteiger partial charge in [-0.15, -0.1) is 0 Å². The zero-order valence-electron chi connectivity index (χ0n) is 17.4. The van der Waals surface area contributed by atoms with E-state index in [1.165, 1.54) is 0 Å². The Labute approximate surface area is 179 Å². The smallest absolute Gasteiger partial charge is 0.229 e. The summed E-state index contributed by atoms with van der Waals surface area (Å²) in [6.45, 7) is 4.39. The van der Waals surface area contributed by atoms with Gasteiger partial charge in [-0.3, -0.25) is 19.6 Å². The highest BCUT2D eigenvalue weighted by molar-refractivity contribution is 6.05. The zero-order valence-corrected chi connectivity index (χ0v) is 17.4. The van der Waals surface area contributed by atoms with E-state index in [0.29, 0.717) is 12.4 Å². The summed E-state index contributed by atoms with van der Waals surface area (Å²) in [5.74, 6) is 0.760. The summed E-state index contributed by atoms with van der Waals surface area (Å²) in [4.78, 5) is 35.4. The van der Waals surface area contributed by atoms with E-state index in [9.17, 15) is 9.59 Å². The molecule has 2 aromatic carbocycles. The van der Waals surface area contributed by atoms with Crippen LogP contribution in [0.4, 0.5) is 5.82 Å². The number of H-pyrrole nitrogens is 2. The molecule has 4 aromatic rings. The Morgan fingerprint density at radius 3 is 2.65 bits per heavy atom. The number of anilines is 1. The minimum atomic E-state index is -0.436. The number of amides is 2. The van der Waals surface area contributed by atoms with E-state index >= 15 is 0 Å². The van der Waals surface area contributed by atoms with E-state index in [-0.39, 0.29) is 30.2 Å². The minimum Gasteiger partial charge on any atom is -0.346 e. The number of carbonyl (C=O) groups is 2. The second-order valence-corrected chi connectivity index (χ2v) is 8.37. The lowest BCUT2D eigenvalue weighted by Gasteiger charge is -2.22. The second kappa shape index (κ2) is 7.54. The van der Waals surface area contributed by atoms with Crippen molar-refractivity contribution in [1.29, 1.82) is 0 Å². The van der Waals surface area contributed by atoms with Gasteiger partial charge in [0.25, 0.3) is 0 Å². The number of nitrogens with one attached hydrogen (secondary N) is 3. The summed E-state index contributed by atoms with van der Waals surface area (Å²) >= 11 is 0. The first kappa shape index (κ1) is 19.3. The molecule has 158 valence electrons. The van der Waals surface area contributed by atoms with E-state index in [0.717, 1.165) is 27.8 Å². The molecular formula is C23H24N6O2. The van der Waals surface area contributed by atoms with E-state index in [4.69, 9.17) is 0 Å². The summed E-state index contributed by atoms with van der Waals surface area (Å²) in [6.07, 6.45) is 0.165. The van der Waals surface area contributed by atoms with Gasteiger partial charge in [0.2, 0.25) is 11.8 Å². The molecule has 0 aliphatic carbocycles. The van der Waals surface area contributed by atoms with Crippen LogP contribution in [-0.4, -0.2) is 38.5 Å². The Morgan fingerprint density at radius 2 is 1.87 bits per heavy atom. The van der Waals surface area contributed by atoms with Crippen molar-refractivity contribution in [3.8, 4) is 0 Å². The first-order valence-corrected chi connectivity index (χ1v) is 10.5. The molecule has 31 heavy (non-hydrogen) atoms. The van der Waals surface area contributed by atoms with Crippen LogP contribution in [0, 0.1) is 11.8 Å². The fourth-order valence-corrected chi connectivity index (χ4v) is 4.18. The van der Waals surface area contributed by atoms with E-state index in [1.54, 1.807) is 4.90 Å². The molecule has 0 spiro atoms. The number of para-hydroxylation sites is 3. The zero-order chi connectivity index (χ0) is 21.5. The van der Waals surface area contributed by atoms with Crippen molar-refractivity contribution < 1.29 is 9.59 Å². The van der Waals surface area contributed by atoms with Gasteiger partial charge in [-0.1, -0.05) is 38.1 Å². The summed E-state index contributed by atoms with van der Waals surface area (Å²) in [5, 5.41) is 11.3. The molecule has 1 aliphatic heterocycles. The number of hydrogen-bond acceptors (Lipinski definition) is 4. The molecule has 3 N–H and O–H groups in total. The molecule has 2 aromatic heterocycles. The van der Waals surface area contributed by atoms with E-state index < -0.39 is 5.92 Å². The topological polar surface area (TPSA) is 107 Å². The lowest BCUT2D eigenvalue weighted by Crippen LogP contribution is -2.38. The van der Waals surface area contributed by atoms with Gasteiger partial charge in [-0.05, 0) is 30.2 Å². The maximum atomic E-state index is 13.1. The number of benzene rings is 2. The average molecular weight is 416 g/mol. The van der Waals surface area contributed by atoms with Crippen LogP contribution in [0.3, 0.4) is 0 Å². The number of aromatic nitrogens is 4. The van der Waals surface area contributed by atoms with Gasteiger partial charge in [0, 0.05) is 18.4 Å². The maximum absolute atomic E-state index is 13.1. The normalized spacial score (nSPS) is 17.7. The predicted octanol–water partition coefficient (Wildman–Crippen LogP) is 3.31. The highest BCUT2D eigenvalue weighted by Crippen LogP contribution is 2.30. The van der Waals surface area contributed by atoms with Crippen molar-refractivity contribution >= 4 is 39.6 Å². The molecule has 8 nitrogen and oxygen atoms in total. The molecular weight excluding hydrogens is 392 g/mol. The van der Waals surface area contributed by atoms with Gasteiger partial charge in [-0.25, -0.2) is 4.98 Å². The fourth-order valence-electron chi connectivity index (χ4n) is 4.18. The van der Waals surface area contributed by atoms with Crippen molar-refractivity contribution in [3.05, 3.63) is 54.4 Å². The number of aromatic amines is 2. The van der Waals surface area contributed by atoms with Gasteiger partial charge in [0.05, 0.1) is 28.5 Å². The quantitative estimate of drug-likeness (QED) is 0.464. The number of rotatable bonds is 5. The summed E-state index contributed by atoms with van der Waals surface area (Å²) in [5.41, 5.74) is 2.66. The molecule has 0 radical (unpaired) electrons. The van der Waals surface area contributed by atoms with Gasteiger partial charge in [0.1, 0.15) is 5.82 Å². The molecule has 0 bridgehead atoms. The molecule has 1 fully saturated rings. The molecule has 8 heteroatoms. The lowest BCUT2D eigenvalue weighted by molar-refractivity contribution is -0.127. The van der Waals surface area contributed by atoms with Gasteiger partial charge < -0.3 is 10.3 Å². The Balaban J connectivity index is 1.35. The molecule has 3 heterocycles. The van der Waals surface area contributed by atoms with Crippen molar-refractivity contribution in [2.75, 3.05) is 11.4 Å². The largest absolute Gasteiger partial charge is 0.346 e. The Morgan fingerprint density at radius 1 is 1.13 bits per heavy atom. The molecule has 5 rings (SSSR count). The molecule has 1 aliphatic rings. The standard InChI is InChI=1S/C23H24N6O2/c1-13(2)20(21-24-17-9-5-6-10-18(17)25-21)26-23(31)14-11-19(30)29(12-14)22-15-7-3-4-8-16(15)27-28-22/h3-10,13-14,20H,11-12H2,1-2H3,(H,24,25)(H,26,31)(H,27,28)/t14-,20+/m0/s1. The summed E-state index contributed by atoms with van der Waals surface area (Å²) in [7, 11) is 0. The van der Waals surface area contributed by atoms with Crippen LogP contribution in [0.1, 0.15) is 32.1 Å². The van der Waals surface area contributed by atoms with Crippen molar-refractivity contribution in [3.63, 3.8) is 0 Å². The van der Waals surface area contributed by atoms with Crippen molar-refractivity contribution in [1.82, 2.24) is 25.5 Å².